The highest BCUT2D eigenvalue weighted by atomic mass is 16.6. The second-order valence-electron chi connectivity index (χ2n) is 19.5. The summed E-state index contributed by atoms with van der Waals surface area (Å²) >= 11 is 0. The van der Waals surface area contributed by atoms with E-state index < -0.39 is 42.0 Å². The summed E-state index contributed by atoms with van der Waals surface area (Å²) in [5, 5.41) is 0. The van der Waals surface area contributed by atoms with E-state index >= 15 is 0 Å². The summed E-state index contributed by atoms with van der Waals surface area (Å²) in [5.41, 5.74) is 0. The Morgan fingerprint density at radius 1 is 0.444 bits per heavy atom. The lowest BCUT2D eigenvalue weighted by atomic mass is 10.1. The molecule has 1 amide bonds. The van der Waals surface area contributed by atoms with Crippen LogP contribution in [0.15, 0.2) is 30.9 Å². The molecule has 0 saturated carbocycles. The zero-order valence-electron chi connectivity index (χ0n) is 44.8. The molecule has 16 nitrogen and oxygen atoms in total. The number of esters is 6. The van der Waals surface area contributed by atoms with Crippen LogP contribution in [0.5, 0.6) is 0 Å². The van der Waals surface area contributed by atoms with Crippen LogP contribution in [0.2, 0.25) is 0 Å². The third kappa shape index (κ3) is 32.3. The van der Waals surface area contributed by atoms with Crippen molar-refractivity contribution >= 4 is 41.8 Å². The second-order valence-corrected chi connectivity index (χ2v) is 19.5. The molecule has 1 aromatic rings. The van der Waals surface area contributed by atoms with Crippen LogP contribution in [-0.4, -0.2) is 108 Å². The molecule has 2 rings (SSSR count). The lowest BCUT2D eigenvalue weighted by Gasteiger charge is -2.26. The van der Waals surface area contributed by atoms with E-state index in [1.165, 1.54) is 28.2 Å². The molecule has 72 heavy (non-hydrogen) atoms. The first-order valence-corrected chi connectivity index (χ1v) is 27.9. The minimum Gasteiger partial charge on any atom is -0.465 e. The van der Waals surface area contributed by atoms with E-state index in [1.54, 1.807) is 12.2 Å². The van der Waals surface area contributed by atoms with Gasteiger partial charge in [0.05, 0.1) is 52.4 Å². The molecule has 0 bridgehead atoms. The smallest absolute Gasteiger partial charge is 0.329 e. The molecule has 0 spiro atoms. The van der Waals surface area contributed by atoms with Gasteiger partial charge in [0.1, 0.15) is 18.5 Å². The summed E-state index contributed by atoms with van der Waals surface area (Å²) in [4.78, 5) is 97.2. The summed E-state index contributed by atoms with van der Waals surface area (Å²) in [6.07, 6.45) is 30.3. The van der Waals surface area contributed by atoms with Gasteiger partial charge < -0.3 is 33.3 Å². The van der Waals surface area contributed by atoms with Gasteiger partial charge in [0.2, 0.25) is 0 Å². The normalized spacial score (nSPS) is 14.5. The fraction of sp³-hybridized carbons (Fsp3) is 0.786. The minimum absolute atomic E-state index is 0.0931. The first-order chi connectivity index (χ1) is 35.0. The van der Waals surface area contributed by atoms with Crippen LogP contribution in [0.4, 0.5) is 4.79 Å². The number of unbranched alkanes of at least 4 members (excludes halogenated alkanes) is 20. The number of rotatable bonds is 42. The summed E-state index contributed by atoms with van der Waals surface area (Å²) < 4.78 is 35.4. The summed E-state index contributed by atoms with van der Waals surface area (Å²) in [5.74, 6) is -4.23. The highest BCUT2D eigenvalue weighted by Crippen LogP contribution is 2.19. The van der Waals surface area contributed by atoms with E-state index in [9.17, 15) is 33.6 Å². The third-order valence-corrected chi connectivity index (χ3v) is 12.7. The number of aromatic nitrogens is 2. The summed E-state index contributed by atoms with van der Waals surface area (Å²) in [6, 6.07) is -0.502. The van der Waals surface area contributed by atoms with Gasteiger partial charge in [-0.15, -0.1) is 0 Å². The Labute approximate surface area is 431 Å². The summed E-state index contributed by atoms with van der Waals surface area (Å²) in [6.45, 7) is 7.84. The lowest BCUT2D eigenvalue weighted by Crippen LogP contribution is -2.43. The fourth-order valence-corrected chi connectivity index (χ4v) is 8.29. The van der Waals surface area contributed by atoms with Crippen molar-refractivity contribution in [3.63, 3.8) is 0 Å². The predicted molar refractivity (Wildman–Crippen MR) is 276 cm³/mol. The first kappa shape index (κ1) is 63.4. The number of hydrogen-bond acceptors (Lipinski definition) is 14. The maximum atomic E-state index is 13.7. The molecular formula is C56H93N3O13. The molecule has 2 heterocycles. The molecule has 0 aliphatic carbocycles. The van der Waals surface area contributed by atoms with Gasteiger partial charge in [-0.1, -0.05) is 156 Å². The number of imidazole rings is 1. The monoisotopic (exact) mass is 1020 g/mol. The number of carbonyl (C=O) groups is 7. The van der Waals surface area contributed by atoms with Crippen molar-refractivity contribution in [2.24, 2.45) is 11.8 Å². The van der Waals surface area contributed by atoms with Crippen molar-refractivity contribution in [1.29, 1.82) is 0 Å². The molecule has 16 heteroatoms. The van der Waals surface area contributed by atoms with Crippen molar-refractivity contribution in [2.45, 2.75) is 233 Å². The average Bonchev–Trinajstić information content (AvgIpc) is 3.84. The number of carbonyl (C=O) groups excluding carboxylic acids is 7. The van der Waals surface area contributed by atoms with E-state index in [0.717, 1.165) is 128 Å². The van der Waals surface area contributed by atoms with Gasteiger partial charge >= 0.3 is 41.8 Å². The van der Waals surface area contributed by atoms with Crippen LogP contribution in [-0.2, 0) is 57.2 Å². The third-order valence-electron chi connectivity index (χ3n) is 12.7. The van der Waals surface area contributed by atoms with Gasteiger partial charge in [-0.05, 0) is 37.8 Å². The molecule has 0 unspecified atom stereocenters. The van der Waals surface area contributed by atoms with Gasteiger partial charge in [-0.25, -0.2) is 9.78 Å². The molecule has 1 aromatic heterocycles. The van der Waals surface area contributed by atoms with Gasteiger partial charge in [-0.2, -0.15) is 0 Å². The maximum absolute atomic E-state index is 13.7. The fourth-order valence-electron chi connectivity index (χ4n) is 8.29. The van der Waals surface area contributed by atoms with Crippen LogP contribution in [0.1, 0.15) is 220 Å². The number of hydrogen-bond donors (Lipinski definition) is 0. The second kappa shape index (κ2) is 41.7. The SMILES string of the molecule is CCCCCCCCC(=O)OCC(COC(=O)CCCCCCCC)CC(=O)O[C@@H]1C=C[C@H](OC(=O)CC(COC(=O)CCCCCCCC)COC(=O)CCCCCCCC)CN(C(=O)n2ccnc2)C1. The zero-order chi connectivity index (χ0) is 52.4. The van der Waals surface area contributed by atoms with Crippen LogP contribution < -0.4 is 0 Å². The van der Waals surface area contributed by atoms with Gasteiger partial charge in [0, 0.05) is 49.9 Å². The number of amides is 1. The molecular weight excluding hydrogens is 923 g/mol. The Kier molecular flexibility index (Phi) is 36.7. The van der Waals surface area contributed by atoms with E-state index in [1.807, 2.05) is 0 Å². The molecule has 0 fully saturated rings. The molecule has 0 N–H and O–H groups in total. The van der Waals surface area contributed by atoms with Crippen molar-refractivity contribution in [3.8, 4) is 0 Å². The van der Waals surface area contributed by atoms with E-state index in [2.05, 4.69) is 32.7 Å². The standard InChI is InChI=1S/C56H93N3O13/c1-5-9-13-17-21-25-29-50(60)67-41-46(42-68-51(61)30-26-22-18-14-10-6-2)37-54(64)71-48-33-34-49(40-59(39-48)56(66)58-36-35-57-45-58)72-55(65)38-47(43-69-52(62)31-27-23-19-15-11-7-3)44-70-53(63)32-28-24-20-16-12-8-4/h33-36,45-49H,5-32,37-44H2,1-4H3/t48-,49+. The molecule has 1 aliphatic rings. The van der Waals surface area contributed by atoms with Crippen molar-refractivity contribution in [3.05, 3.63) is 30.9 Å². The van der Waals surface area contributed by atoms with Gasteiger partial charge in [0.25, 0.3) is 0 Å². The zero-order valence-corrected chi connectivity index (χ0v) is 44.8. The van der Waals surface area contributed by atoms with Crippen LogP contribution in [0.3, 0.4) is 0 Å². The van der Waals surface area contributed by atoms with Crippen molar-refractivity contribution < 1.29 is 62.0 Å². The highest BCUT2D eigenvalue weighted by Gasteiger charge is 2.30. The van der Waals surface area contributed by atoms with E-state index in [4.69, 9.17) is 28.4 Å². The molecule has 0 radical (unpaired) electrons. The van der Waals surface area contributed by atoms with Crippen LogP contribution >= 0.6 is 0 Å². The highest BCUT2D eigenvalue weighted by molar-refractivity contribution is 5.77. The Balaban J connectivity index is 2.15. The van der Waals surface area contributed by atoms with Crippen molar-refractivity contribution in [1.82, 2.24) is 14.5 Å². The number of ether oxygens (including phenoxy) is 6. The van der Waals surface area contributed by atoms with Gasteiger partial charge in [0.15, 0.2) is 0 Å². The van der Waals surface area contributed by atoms with E-state index in [0.29, 0.717) is 25.7 Å². The van der Waals surface area contributed by atoms with Crippen molar-refractivity contribution in [2.75, 3.05) is 39.5 Å². The van der Waals surface area contributed by atoms with Crippen LogP contribution in [0, 0.1) is 11.8 Å². The minimum atomic E-state index is -0.968. The number of nitrogens with zero attached hydrogens (tertiary/aromatic N) is 3. The lowest BCUT2D eigenvalue weighted by molar-refractivity contribution is -0.156. The van der Waals surface area contributed by atoms with Gasteiger partial charge in [-0.3, -0.25) is 33.3 Å². The Morgan fingerprint density at radius 2 is 0.750 bits per heavy atom. The van der Waals surface area contributed by atoms with E-state index in [-0.39, 0.29) is 102 Å². The average molecular weight is 1020 g/mol. The Hall–Kier alpha value is -4.76. The Bertz CT molecular complexity index is 1510. The molecule has 1 aliphatic heterocycles. The first-order valence-electron chi connectivity index (χ1n) is 27.9. The molecule has 2 atom stereocenters. The topological polar surface area (TPSA) is 196 Å². The maximum Gasteiger partial charge on any atom is 0.329 e. The predicted octanol–water partition coefficient (Wildman–Crippen LogP) is 11.7. The summed E-state index contributed by atoms with van der Waals surface area (Å²) in [7, 11) is 0. The largest absolute Gasteiger partial charge is 0.465 e. The Morgan fingerprint density at radius 3 is 1.04 bits per heavy atom. The quantitative estimate of drug-likeness (QED) is 0.0259. The van der Waals surface area contributed by atoms with Crippen LogP contribution in [0.25, 0.3) is 0 Å². The molecule has 410 valence electrons. The molecule has 0 saturated heterocycles. The molecule has 0 aromatic carbocycles.